The third-order valence-corrected chi connectivity index (χ3v) is 2.70. The second-order valence-corrected chi connectivity index (χ2v) is 4.82. The highest BCUT2D eigenvalue weighted by atomic mass is 16.5. The molecule has 0 aliphatic heterocycles. The van der Waals surface area contributed by atoms with Gasteiger partial charge in [-0.2, -0.15) is 0 Å². The highest BCUT2D eigenvalue weighted by Gasteiger charge is 1.97. The summed E-state index contributed by atoms with van der Waals surface area (Å²) in [5.74, 6) is 0. The molecule has 16 heavy (non-hydrogen) atoms. The van der Waals surface area contributed by atoms with Gasteiger partial charge in [-0.1, -0.05) is 26.7 Å². The van der Waals surface area contributed by atoms with Crippen LogP contribution in [0.3, 0.4) is 0 Å². The summed E-state index contributed by atoms with van der Waals surface area (Å²) in [5.41, 5.74) is 0. The van der Waals surface area contributed by atoms with Crippen LogP contribution < -0.4 is 5.32 Å². The fraction of sp³-hybridized carbons (Fsp3) is 1.00. The molecule has 0 heterocycles. The lowest BCUT2D eigenvalue weighted by Gasteiger charge is -2.15. The number of rotatable bonds is 11. The Hall–Kier alpha value is -0.120. The lowest BCUT2D eigenvalue weighted by molar-refractivity contribution is 0.160. The monoisotopic (exact) mass is 230 g/mol. The Bertz CT molecular complexity index is 140. The maximum Gasteiger partial charge on any atom is 0.0589 e. The van der Waals surface area contributed by atoms with Gasteiger partial charge in [0.2, 0.25) is 0 Å². The molecule has 0 amide bonds. The van der Waals surface area contributed by atoms with Gasteiger partial charge in [0.15, 0.2) is 0 Å². The zero-order valence-electron chi connectivity index (χ0n) is 11.6. The SMILES string of the molecule is COCCN(C)CCCCCCNC(C)C. The third kappa shape index (κ3) is 12.0. The lowest BCUT2D eigenvalue weighted by atomic mass is 10.2. The molecule has 0 saturated heterocycles. The quantitative estimate of drug-likeness (QED) is 0.550. The normalized spacial score (nSPS) is 11.6. The number of ether oxygens (including phenoxy) is 1. The molecule has 0 bridgehead atoms. The van der Waals surface area contributed by atoms with Crippen LogP contribution in [0.5, 0.6) is 0 Å². The first-order valence-corrected chi connectivity index (χ1v) is 6.57. The summed E-state index contributed by atoms with van der Waals surface area (Å²) in [5, 5.41) is 3.45. The summed E-state index contributed by atoms with van der Waals surface area (Å²) in [6, 6.07) is 0.625. The first-order chi connectivity index (χ1) is 7.66. The Labute approximate surface area is 102 Å². The average Bonchev–Trinajstić information content (AvgIpc) is 2.24. The summed E-state index contributed by atoms with van der Waals surface area (Å²) >= 11 is 0. The molecule has 0 unspecified atom stereocenters. The Morgan fingerprint density at radius 1 is 1.06 bits per heavy atom. The van der Waals surface area contributed by atoms with Gasteiger partial charge in [-0.05, 0) is 33.0 Å². The maximum absolute atomic E-state index is 5.04. The van der Waals surface area contributed by atoms with Gasteiger partial charge in [0.05, 0.1) is 6.61 Å². The molecule has 1 N–H and O–H groups in total. The van der Waals surface area contributed by atoms with Crippen LogP contribution in [0.4, 0.5) is 0 Å². The average molecular weight is 230 g/mol. The van der Waals surface area contributed by atoms with Crippen LogP contribution in [-0.4, -0.2) is 51.3 Å². The van der Waals surface area contributed by atoms with Gasteiger partial charge in [-0.3, -0.25) is 0 Å². The summed E-state index contributed by atoms with van der Waals surface area (Å²) in [6.07, 6.45) is 5.30. The molecule has 0 rings (SSSR count). The van der Waals surface area contributed by atoms with E-state index in [2.05, 4.69) is 31.1 Å². The molecule has 0 aromatic carbocycles. The number of nitrogens with one attached hydrogen (secondary N) is 1. The molecule has 0 saturated carbocycles. The molecule has 0 fully saturated rings. The highest BCUT2D eigenvalue weighted by molar-refractivity contribution is 4.55. The predicted molar refractivity (Wildman–Crippen MR) is 71.0 cm³/mol. The van der Waals surface area contributed by atoms with Crippen molar-refractivity contribution in [3.05, 3.63) is 0 Å². The van der Waals surface area contributed by atoms with Crippen molar-refractivity contribution in [1.82, 2.24) is 10.2 Å². The first-order valence-electron chi connectivity index (χ1n) is 6.57. The third-order valence-electron chi connectivity index (χ3n) is 2.70. The van der Waals surface area contributed by atoms with Gasteiger partial charge in [0, 0.05) is 19.7 Å². The number of methoxy groups -OCH3 is 1. The molecule has 3 nitrogen and oxygen atoms in total. The van der Waals surface area contributed by atoms with E-state index in [-0.39, 0.29) is 0 Å². The van der Waals surface area contributed by atoms with E-state index in [0.29, 0.717) is 6.04 Å². The van der Waals surface area contributed by atoms with E-state index < -0.39 is 0 Å². The van der Waals surface area contributed by atoms with E-state index in [4.69, 9.17) is 4.74 Å². The van der Waals surface area contributed by atoms with Gasteiger partial charge in [-0.15, -0.1) is 0 Å². The van der Waals surface area contributed by atoms with Crippen molar-refractivity contribution >= 4 is 0 Å². The van der Waals surface area contributed by atoms with Crippen LogP contribution in [-0.2, 0) is 4.74 Å². The smallest absolute Gasteiger partial charge is 0.0589 e. The van der Waals surface area contributed by atoms with Gasteiger partial charge < -0.3 is 15.0 Å². The standard InChI is InChI=1S/C13H30N2O/c1-13(2)14-9-7-5-6-8-10-15(3)11-12-16-4/h13-14H,5-12H2,1-4H3. The van der Waals surface area contributed by atoms with Gasteiger partial charge in [0.25, 0.3) is 0 Å². The molecule has 0 radical (unpaired) electrons. The second-order valence-electron chi connectivity index (χ2n) is 4.82. The van der Waals surface area contributed by atoms with E-state index in [1.54, 1.807) is 7.11 Å². The van der Waals surface area contributed by atoms with Crippen LogP contribution in [0.15, 0.2) is 0 Å². The van der Waals surface area contributed by atoms with Crippen molar-refractivity contribution in [2.45, 2.75) is 45.6 Å². The molecular formula is C13H30N2O. The number of hydrogen-bond donors (Lipinski definition) is 1. The van der Waals surface area contributed by atoms with E-state index in [1.165, 1.54) is 32.2 Å². The maximum atomic E-state index is 5.04. The van der Waals surface area contributed by atoms with Crippen LogP contribution >= 0.6 is 0 Å². The zero-order chi connectivity index (χ0) is 12.2. The Morgan fingerprint density at radius 3 is 2.38 bits per heavy atom. The second kappa shape index (κ2) is 11.4. The van der Waals surface area contributed by atoms with Crippen LogP contribution in [0.2, 0.25) is 0 Å². The van der Waals surface area contributed by atoms with E-state index in [1.807, 2.05) is 0 Å². The van der Waals surface area contributed by atoms with Crippen LogP contribution in [0.25, 0.3) is 0 Å². The van der Waals surface area contributed by atoms with Crippen LogP contribution in [0.1, 0.15) is 39.5 Å². The van der Waals surface area contributed by atoms with Crippen molar-refractivity contribution in [3.8, 4) is 0 Å². The minimum absolute atomic E-state index is 0.625. The molecular weight excluding hydrogens is 200 g/mol. The van der Waals surface area contributed by atoms with Crippen molar-refractivity contribution in [2.24, 2.45) is 0 Å². The fourth-order valence-corrected chi connectivity index (χ4v) is 1.61. The lowest BCUT2D eigenvalue weighted by Crippen LogP contribution is -2.24. The topological polar surface area (TPSA) is 24.5 Å². The van der Waals surface area contributed by atoms with Crippen molar-refractivity contribution in [2.75, 3.05) is 40.4 Å². The van der Waals surface area contributed by atoms with E-state index >= 15 is 0 Å². The molecule has 98 valence electrons. The fourth-order valence-electron chi connectivity index (χ4n) is 1.61. The van der Waals surface area contributed by atoms with Gasteiger partial charge >= 0.3 is 0 Å². The first kappa shape index (κ1) is 15.9. The molecule has 0 aliphatic carbocycles. The molecule has 0 atom stereocenters. The molecule has 0 aromatic heterocycles. The number of unbranched alkanes of at least 4 members (excludes halogenated alkanes) is 3. The largest absolute Gasteiger partial charge is 0.383 e. The molecule has 0 aromatic rings. The van der Waals surface area contributed by atoms with Crippen molar-refractivity contribution in [3.63, 3.8) is 0 Å². The minimum Gasteiger partial charge on any atom is -0.383 e. The Balaban J connectivity index is 3.08. The Morgan fingerprint density at radius 2 is 1.75 bits per heavy atom. The Kier molecular flexibility index (Phi) is 11.3. The van der Waals surface area contributed by atoms with Crippen molar-refractivity contribution < 1.29 is 4.74 Å². The number of hydrogen-bond acceptors (Lipinski definition) is 3. The number of likely N-dealkylation sites (N-methyl/N-ethyl adjacent to an activating group) is 1. The van der Waals surface area contributed by atoms with E-state index in [0.717, 1.165) is 19.7 Å². The van der Waals surface area contributed by atoms with Crippen molar-refractivity contribution in [1.29, 1.82) is 0 Å². The molecule has 0 aliphatic rings. The summed E-state index contributed by atoms with van der Waals surface area (Å²) < 4.78 is 5.04. The molecule has 3 heteroatoms. The zero-order valence-corrected chi connectivity index (χ0v) is 11.6. The van der Waals surface area contributed by atoms with Gasteiger partial charge in [0.1, 0.15) is 0 Å². The predicted octanol–water partition coefficient (Wildman–Crippen LogP) is 2.12. The summed E-state index contributed by atoms with van der Waals surface area (Å²) in [7, 11) is 3.93. The number of nitrogens with zero attached hydrogens (tertiary/aromatic N) is 1. The summed E-state index contributed by atoms with van der Waals surface area (Å²) in [4.78, 5) is 2.34. The molecule has 0 spiro atoms. The van der Waals surface area contributed by atoms with Crippen LogP contribution in [0, 0.1) is 0 Å². The summed E-state index contributed by atoms with van der Waals surface area (Å²) in [6.45, 7) is 8.65. The van der Waals surface area contributed by atoms with Gasteiger partial charge in [-0.25, -0.2) is 0 Å². The highest BCUT2D eigenvalue weighted by Crippen LogP contribution is 2.00. The minimum atomic E-state index is 0.625. The van der Waals surface area contributed by atoms with E-state index in [9.17, 15) is 0 Å².